The van der Waals surface area contributed by atoms with Gasteiger partial charge in [0, 0.05) is 38.3 Å². The van der Waals surface area contributed by atoms with Gasteiger partial charge in [-0.15, -0.1) is 11.3 Å². The highest BCUT2D eigenvalue weighted by Crippen LogP contribution is 2.25. The van der Waals surface area contributed by atoms with Crippen LogP contribution < -0.4 is 4.90 Å². The Morgan fingerprint density at radius 2 is 1.78 bits per heavy atom. The maximum Gasteiger partial charge on any atom is 0.264 e. The Balaban J connectivity index is 1.50. The van der Waals surface area contributed by atoms with Gasteiger partial charge in [-0.25, -0.2) is 0 Å². The van der Waals surface area contributed by atoms with Gasteiger partial charge >= 0.3 is 0 Å². The van der Waals surface area contributed by atoms with Crippen LogP contribution >= 0.6 is 11.3 Å². The molecule has 1 amide bonds. The van der Waals surface area contributed by atoms with E-state index in [4.69, 9.17) is 4.52 Å². The van der Waals surface area contributed by atoms with Crippen LogP contribution in [0.15, 0.2) is 76.6 Å². The lowest BCUT2D eigenvalue weighted by Gasteiger charge is -2.29. The van der Waals surface area contributed by atoms with Crippen molar-refractivity contribution >= 4 is 22.9 Å². The van der Waals surface area contributed by atoms with Crippen LogP contribution in [-0.4, -0.2) is 41.6 Å². The van der Waals surface area contributed by atoms with Crippen molar-refractivity contribution in [1.29, 1.82) is 0 Å². The van der Waals surface area contributed by atoms with Crippen LogP contribution in [0.4, 0.5) is 5.69 Å². The summed E-state index contributed by atoms with van der Waals surface area (Å²) in [5, 5.41) is 6.06. The van der Waals surface area contributed by atoms with Crippen molar-refractivity contribution in [2.45, 2.75) is 19.4 Å². The number of anilines is 1. The molecule has 2 heterocycles. The van der Waals surface area contributed by atoms with E-state index < -0.39 is 0 Å². The third-order valence-corrected chi connectivity index (χ3v) is 6.28. The SMILES string of the molecule is CC(c1ccccc1)N(CCc1nc(-c2ccc(N(C)C)cc2)no1)C(=O)c1cccs1. The first kappa shape index (κ1) is 21.8. The van der Waals surface area contributed by atoms with Gasteiger partial charge in [-0.3, -0.25) is 4.79 Å². The highest BCUT2D eigenvalue weighted by Gasteiger charge is 2.24. The second-order valence-electron chi connectivity index (χ2n) is 7.77. The van der Waals surface area contributed by atoms with Gasteiger partial charge in [0.2, 0.25) is 11.7 Å². The number of thiophene rings is 1. The molecule has 0 saturated carbocycles. The standard InChI is InChI=1S/C25H26N4O2S/c1-18(19-8-5-4-6-9-19)29(25(30)22-10-7-17-32-22)16-15-23-26-24(27-31-23)20-11-13-21(14-12-20)28(2)3/h4-14,17-18H,15-16H2,1-3H3. The second kappa shape index (κ2) is 9.78. The summed E-state index contributed by atoms with van der Waals surface area (Å²) in [6.45, 7) is 2.53. The molecule has 0 bridgehead atoms. The number of carbonyl (C=O) groups is 1. The fourth-order valence-corrected chi connectivity index (χ4v) is 4.20. The number of carbonyl (C=O) groups excluding carboxylic acids is 1. The number of hydrogen-bond donors (Lipinski definition) is 0. The Morgan fingerprint density at radius 1 is 1.03 bits per heavy atom. The van der Waals surface area contributed by atoms with Crippen LogP contribution in [0.2, 0.25) is 0 Å². The van der Waals surface area contributed by atoms with Crippen LogP contribution in [0.25, 0.3) is 11.4 Å². The zero-order valence-electron chi connectivity index (χ0n) is 18.4. The van der Waals surface area contributed by atoms with E-state index in [0.29, 0.717) is 24.7 Å². The Morgan fingerprint density at radius 3 is 2.44 bits per heavy atom. The van der Waals surface area contributed by atoms with E-state index >= 15 is 0 Å². The third-order valence-electron chi connectivity index (χ3n) is 5.42. The minimum absolute atomic E-state index is 0.00960. The third kappa shape index (κ3) is 4.89. The van der Waals surface area contributed by atoms with Gasteiger partial charge in [0.15, 0.2) is 0 Å². The zero-order chi connectivity index (χ0) is 22.5. The lowest BCUT2D eigenvalue weighted by atomic mass is 10.1. The Bertz CT molecular complexity index is 1140. The first-order valence-corrected chi connectivity index (χ1v) is 11.4. The van der Waals surface area contributed by atoms with Crippen LogP contribution in [0.5, 0.6) is 0 Å². The van der Waals surface area contributed by atoms with E-state index in [-0.39, 0.29) is 11.9 Å². The number of hydrogen-bond acceptors (Lipinski definition) is 6. The molecule has 2 aromatic heterocycles. The molecule has 6 nitrogen and oxygen atoms in total. The second-order valence-corrected chi connectivity index (χ2v) is 8.71. The van der Waals surface area contributed by atoms with Crippen molar-refractivity contribution in [1.82, 2.24) is 15.0 Å². The molecule has 7 heteroatoms. The normalized spacial score (nSPS) is 11.8. The summed E-state index contributed by atoms with van der Waals surface area (Å²) in [6.07, 6.45) is 0.483. The van der Waals surface area contributed by atoms with Crippen LogP contribution in [-0.2, 0) is 6.42 Å². The van der Waals surface area contributed by atoms with E-state index in [9.17, 15) is 4.79 Å². The summed E-state index contributed by atoms with van der Waals surface area (Å²) in [4.78, 5) is 22.4. The largest absolute Gasteiger partial charge is 0.378 e. The average Bonchev–Trinajstić information content (AvgIpc) is 3.52. The number of aromatic nitrogens is 2. The average molecular weight is 447 g/mol. The Labute approximate surface area is 192 Å². The molecule has 0 N–H and O–H groups in total. The molecular formula is C25H26N4O2S. The van der Waals surface area contributed by atoms with Gasteiger partial charge in [-0.1, -0.05) is 41.6 Å². The van der Waals surface area contributed by atoms with Crippen molar-refractivity contribution in [2.75, 3.05) is 25.5 Å². The van der Waals surface area contributed by atoms with Gasteiger partial charge in [0.1, 0.15) is 0 Å². The topological polar surface area (TPSA) is 62.5 Å². The molecule has 0 saturated heterocycles. The number of rotatable bonds is 8. The van der Waals surface area contributed by atoms with Crippen LogP contribution in [0, 0.1) is 0 Å². The Hall–Kier alpha value is -3.45. The molecule has 0 aliphatic rings. The number of nitrogens with zero attached hydrogens (tertiary/aromatic N) is 4. The highest BCUT2D eigenvalue weighted by molar-refractivity contribution is 7.12. The van der Waals surface area contributed by atoms with Crippen molar-refractivity contribution in [3.8, 4) is 11.4 Å². The fraction of sp³-hybridized carbons (Fsp3) is 0.240. The Kier molecular flexibility index (Phi) is 6.66. The van der Waals surface area contributed by atoms with E-state index in [1.807, 2.05) is 103 Å². The molecule has 32 heavy (non-hydrogen) atoms. The van der Waals surface area contributed by atoms with Crippen molar-refractivity contribution in [2.24, 2.45) is 0 Å². The monoisotopic (exact) mass is 446 g/mol. The summed E-state index contributed by atoms with van der Waals surface area (Å²) in [5.74, 6) is 1.08. The van der Waals surface area contributed by atoms with Crippen LogP contribution in [0.1, 0.15) is 34.1 Å². The fourth-order valence-electron chi connectivity index (χ4n) is 3.52. The summed E-state index contributed by atoms with van der Waals surface area (Å²) < 4.78 is 5.50. The quantitative estimate of drug-likeness (QED) is 0.367. The first-order chi connectivity index (χ1) is 15.5. The summed E-state index contributed by atoms with van der Waals surface area (Å²) >= 11 is 1.45. The highest BCUT2D eigenvalue weighted by atomic mass is 32.1. The molecule has 2 aromatic carbocycles. The number of benzene rings is 2. The molecule has 4 aromatic rings. The molecule has 1 atom stereocenters. The molecule has 1 unspecified atom stereocenters. The van der Waals surface area contributed by atoms with Gasteiger partial charge < -0.3 is 14.3 Å². The lowest BCUT2D eigenvalue weighted by Crippen LogP contribution is -2.35. The molecule has 0 radical (unpaired) electrons. The number of amides is 1. The van der Waals surface area contributed by atoms with E-state index in [1.165, 1.54) is 11.3 Å². The maximum absolute atomic E-state index is 13.2. The van der Waals surface area contributed by atoms with Gasteiger partial charge in [-0.2, -0.15) is 4.98 Å². The summed E-state index contributed by atoms with van der Waals surface area (Å²) in [5.41, 5.74) is 3.09. The van der Waals surface area contributed by atoms with E-state index in [0.717, 1.165) is 21.7 Å². The zero-order valence-corrected chi connectivity index (χ0v) is 19.2. The van der Waals surface area contributed by atoms with Crippen molar-refractivity contribution in [3.63, 3.8) is 0 Å². The van der Waals surface area contributed by atoms with Gasteiger partial charge in [-0.05, 0) is 48.2 Å². The van der Waals surface area contributed by atoms with Gasteiger partial charge in [0.25, 0.3) is 5.91 Å². The predicted octanol–water partition coefficient (Wildman–Crippen LogP) is 5.31. The first-order valence-electron chi connectivity index (χ1n) is 10.5. The molecule has 164 valence electrons. The van der Waals surface area contributed by atoms with E-state index in [2.05, 4.69) is 10.1 Å². The maximum atomic E-state index is 13.2. The van der Waals surface area contributed by atoms with Crippen LogP contribution in [0.3, 0.4) is 0 Å². The van der Waals surface area contributed by atoms with Gasteiger partial charge in [0.05, 0.1) is 10.9 Å². The molecule has 0 aliphatic carbocycles. The molecule has 0 spiro atoms. The van der Waals surface area contributed by atoms with Crippen molar-refractivity contribution in [3.05, 3.63) is 88.4 Å². The lowest BCUT2D eigenvalue weighted by molar-refractivity contribution is 0.0694. The smallest absolute Gasteiger partial charge is 0.264 e. The van der Waals surface area contributed by atoms with Crippen molar-refractivity contribution < 1.29 is 9.32 Å². The molecule has 0 fully saturated rings. The molecular weight excluding hydrogens is 420 g/mol. The minimum atomic E-state index is -0.0771. The predicted molar refractivity (Wildman–Crippen MR) is 128 cm³/mol. The van der Waals surface area contributed by atoms with E-state index in [1.54, 1.807) is 0 Å². The molecule has 0 aliphatic heterocycles. The minimum Gasteiger partial charge on any atom is -0.378 e. The summed E-state index contributed by atoms with van der Waals surface area (Å²) in [6, 6.07) is 21.7. The summed E-state index contributed by atoms with van der Waals surface area (Å²) in [7, 11) is 4.00. The molecule has 4 rings (SSSR count).